The number of nitrogens with zero attached hydrogens (tertiary/aromatic N) is 2. The summed E-state index contributed by atoms with van der Waals surface area (Å²) in [5, 5.41) is 18.0. The van der Waals surface area contributed by atoms with Crippen molar-refractivity contribution < 1.29 is 14.3 Å². The average Bonchev–Trinajstić information content (AvgIpc) is 2.83. The molecule has 2 aromatic carbocycles. The van der Waals surface area contributed by atoms with Gasteiger partial charge in [0.1, 0.15) is 5.82 Å². The van der Waals surface area contributed by atoms with Crippen molar-refractivity contribution in [2.45, 2.75) is 6.92 Å². The predicted octanol–water partition coefficient (Wildman–Crippen LogP) is 4.25. The fourth-order valence-electron chi connectivity index (χ4n) is 2.18. The topological polar surface area (TPSA) is 77.8 Å². The lowest BCUT2D eigenvalue weighted by Crippen LogP contribution is -1.93. The minimum Gasteiger partial charge on any atom is -0.493 e. The van der Waals surface area contributed by atoms with Crippen LogP contribution in [0.5, 0.6) is 5.88 Å². The molecule has 1 amide bonds. The van der Waals surface area contributed by atoms with Crippen molar-refractivity contribution in [2.75, 3.05) is 0 Å². The molecule has 3 aromatic rings. The van der Waals surface area contributed by atoms with Gasteiger partial charge in [-0.15, -0.1) is 10.2 Å². The Labute approximate surface area is 125 Å². The van der Waals surface area contributed by atoms with Gasteiger partial charge in [-0.2, -0.15) is 0 Å². The summed E-state index contributed by atoms with van der Waals surface area (Å²) in [5.41, 5.74) is 2.11. The van der Waals surface area contributed by atoms with Gasteiger partial charge in [0, 0.05) is 10.9 Å². The number of carbonyl (C=O) groups is 1. The maximum atomic E-state index is 12.8. The van der Waals surface area contributed by atoms with E-state index in [9.17, 15) is 14.3 Å². The van der Waals surface area contributed by atoms with Gasteiger partial charge in [-0.05, 0) is 36.8 Å². The first-order valence-corrected chi connectivity index (χ1v) is 6.58. The summed E-state index contributed by atoms with van der Waals surface area (Å²) in [5.74, 6) is -1.19. The van der Waals surface area contributed by atoms with Gasteiger partial charge in [-0.3, -0.25) is 4.79 Å². The molecular weight excluding hydrogens is 285 g/mol. The highest BCUT2D eigenvalue weighted by atomic mass is 19.1. The second kappa shape index (κ2) is 5.40. The number of para-hydroxylation sites is 1. The lowest BCUT2D eigenvalue weighted by Gasteiger charge is -1.95. The smallest absolute Gasteiger partial charge is 0.295 e. The number of rotatable bonds is 2. The van der Waals surface area contributed by atoms with Crippen LogP contribution in [-0.4, -0.2) is 16.0 Å². The van der Waals surface area contributed by atoms with E-state index in [1.165, 1.54) is 24.3 Å². The van der Waals surface area contributed by atoms with Crippen molar-refractivity contribution in [3.8, 4) is 5.88 Å². The highest BCUT2D eigenvalue weighted by Gasteiger charge is 2.12. The lowest BCUT2D eigenvalue weighted by atomic mass is 10.1. The highest BCUT2D eigenvalue weighted by Crippen LogP contribution is 2.36. The van der Waals surface area contributed by atoms with E-state index in [1.807, 2.05) is 19.1 Å². The minimum absolute atomic E-state index is 0.153. The van der Waals surface area contributed by atoms with Gasteiger partial charge in [0.25, 0.3) is 5.91 Å². The minimum atomic E-state index is -0.610. The molecule has 0 saturated carbocycles. The summed E-state index contributed by atoms with van der Waals surface area (Å²) < 4.78 is 12.8. The van der Waals surface area contributed by atoms with Crippen LogP contribution in [0.1, 0.15) is 15.9 Å². The molecule has 3 rings (SSSR count). The largest absolute Gasteiger partial charge is 0.493 e. The number of amides is 1. The SMILES string of the molecule is Cc1cccc2c(N=NC(=O)c3ccc(F)cc3)c(O)[nH]c12. The molecular formula is C16H12FN3O2. The van der Waals surface area contributed by atoms with Gasteiger partial charge >= 0.3 is 0 Å². The number of aromatic hydroxyl groups is 1. The first kappa shape index (κ1) is 13.9. The molecule has 6 heteroatoms. The standard InChI is InChI=1S/C16H12FN3O2/c1-9-3-2-4-12-13(9)18-16(22)14(12)19-20-15(21)10-5-7-11(17)8-6-10/h2-8,18,22H,1H3. The van der Waals surface area contributed by atoms with Crippen LogP contribution in [-0.2, 0) is 0 Å². The first-order chi connectivity index (χ1) is 10.6. The summed E-state index contributed by atoms with van der Waals surface area (Å²) in [4.78, 5) is 14.7. The van der Waals surface area contributed by atoms with Crippen molar-refractivity contribution in [2.24, 2.45) is 10.2 Å². The summed E-state index contributed by atoms with van der Waals surface area (Å²) in [6.07, 6.45) is 0. The highest BCUT2D eigenvalue weighted by molar-refractivity contribution is 5.97. The van der Waals surface area contributed by atoms with Crippen LogP contribution in [0, 0.1) is 12.7 Å². The van der Waals surface area contributed by atoms with Gasteiger partial charge in [0.05, 0.1) is 5.52 Å². The molecule has 0 aliphatic heterocycles. The molecule has 0 aliphatic rings. The van der Waals surface area contributed by atoms with E-state index < -0.39 is 11.7 Å². The van der Waals surface area contributed by atoms with E-state index in [0.717, 1.165) is 11.1 Å². The number of nitrogens with one attached hydrogen (secondary N) is 1. The Bertz CT molecular complexity index is 882. The molecule has 0 unspecified atom stereocenters. The third-order valence-electron chi connectivity index (χ3n) is 3.33. The van der Waals surface area contributed by atoms with Crippen molar-refractivity contribution in [1.29, 1.82) is 0 Å². The quantitative estimate of drug-likeness (QED) is 0.694. The maximum Gasteiger partial charge on any atom is 0.295 e. The van der Waals surface area contributed by atoms with Crippen molar-refractivity contribution in [1.82, 2.24) is 4.98 Å². The fourth-order valence-corrected chi connectivity index (χ4v) is 2.18. The van der Waals surface area contributed by atoms with Crippen LogP contribution in [0.4, 0.5) is 10.1 Å². The third kappa shape index (κ3) is 2.46. The van der Waals surface area contributed by atoms with E-state index >= 15 is 0 Å². The van der Waals surface area contributed by atoms with Crippen LogP contribution in [0.2, 0.25) is 0 Å². The Balaban J connectivity index is 1.96. The Hall–Kier alpha value is -3.02. The molecule has 22 heavy (non-hydrogen) atoms. The van der Waals surface area contributed by atoms with Crippen molar-refractivity contribution in [3.05, 3.63) is 59.4 Å². The molecule has 2 N–H and O–H groups in total. The zero-order chi connectivity index (χ0) is 15.7. The maximum absolute atomic E-state index is 12.8. The van der Waals surface area contributed by atoms with E-state index in [4.69, 9.17) is 0 Å². The number of H-pyrrole nitrogens is 1. The molecule has 0 atom stereocenters. The number of carbonyl (C=O) groups excluding carboxylic acids is 1. The van der Waals surface area contributed by atoms with Gasteiger partial charge in [-0.1, -0.05) is 18.2 Å². The summed E-state index contributed by atoms with van der Waals surface area (Å²) in [6, 6.07) is 10.5. The molecule has 110 valence electrons. The monoisotopic (exact) mass is 297 g/mol. The second-order valence-electron chi connectivity index (χ2n) is 4.83. The van der Waals surface area contributed by atoms with Crippen molar-refractivity contribution >= 4 is 22.5 Å². The molecule has 0 saturated heterocycles. The van der Waals surface area contributed by atoms with Crippen LogP contribution in [0.25, 0.3) is 10.9 Å². The number of benzene rings is 2. The zero-order valence-corrected chi connectivity index (χ0v) is 11.7. The van der Waals surface area contributed by atoms with E-state index in [2.05, 4.69) is 15.2 Å². The van der Waals surface area contributed by atoms with Crippen LogP contribution < -0.4 is 0 Å². The Morgan fingerprint density at radius 2 is 1.91 bits per heavy atom. The van der Waals surface area contributed by atoms with Crippen LogP contribution >= 0.6 is 0 Å². The second-order valence-corrected chi connectivity index (χ2v) is 4.83. The molecule has 0 aliphatic carbocycles. The van der Waals surface area contributed by atoms with E-state index in [1.54, 1.807) is 6.07 Å². The Morgan fingerprint density at radius 3 is 2.64 bits per heavy atom. The fraction of sp³-hybridized carbons (Fsp3) is 0.0625. The summed E-state index contributed by atoms with van der Waals surface area (Å²) in [7, 11) is 0. The number of aryl methyl sites for hydroxylation is 1. The van der Waals surface area contributed by atoms with Gasteiger partial charge < -0.3 is 10.1 Å². The molecule has 0 fully saturated rings. The first-order valence-electron chi connectivity index (χ1n) is 6.58. The number of hydrogen-bond donors (Lipinski definition) is 2. The number of azo groups is 1. The molecule has 1 aromatic heterocycles. The Kier molecular flexibility index (Phi) is 3.42. The Morgan fingerprint density at radius 1 is 1.18 bits per heavy atom. The summed E-state index contributed by atoms with van der Waals surface area (Å²) >= 11 is 0. The van der Waals surface area contributed by atoms with Gasteiger partial charge in [0.15, 0.2) is 5.69 Å². The normalized spacial score (nSPS) is 11.4. The average molecular weight is 297 g/mol. The molecule has 5 nitrogen and oxygen atoms in total. The number of aromatic nitrogens is 1. The van der Waals surface area contributed by atoms with E-state index in [-0.39, 0.29) is 17.1 Å². The van der Waals surface area contributed by atoms with E-state index in [0.29, 0.717) is 5.39 Å². The predicted molar refractivity (Wildman–Crippen MR) is 79.9 cm³/mol. The molecule has 0 bridgehead atoms. The van der Waals surface area contributed by atoms with Crippen molar-refractivity contribution in [3.63, 3.8) is 0 Å². The van der Waals surface area contributed by atoms with Crippen LogP contribution in [0.3, 0.4) is 0 Å². The van der Waals surface area contributed by atoms with Gasteiger partial charge in [0.2, 0.25) is 5.88 Å². The number of halogens is 1. The summed E-state index contributed by atoms with van der Waals surface area (Å²) in [6.45, 7) is 1.89. The van der Waals surface area contributed by atoms with Crippen LogP contribution in [0.15, 0.2) is 52.7 Å². The zero-order valence-electron chi connectivity index (χ0n) is 11.7. The number of hydrogen-bond acceptors (Lipinski definition) is 3. The number of fused-ring (bicyclic) bond motifs is 1. The molecule has 1 heterocycles. The molecule has 0 spiro atoms. The number of aromatic amines is 1. The lowest BCUT2D eigenvalue weighted by molar-refractivity contribution is 0.0995. The molecule has 0 radical (unpaired) electrons. The third-order valence-corrected chi connectivity index (χ3v) is 3.33. The van der Waals surface area contributed by atoms with Gasteiger partial charge in [-0.25, -0.2) is 4.39 Å².